The Bertz CT molecular complexity index is 620. The molecule has 0 atom stereocenters. The first-order valence-electron chi connectivity index (χ1n) is 4.15. The van der Waals surface area contributed by atoms with E-state index < -0.39 is 10.0 Å². The van der Waals surface area contributed by atoms with Gasteiger partial charge in [0.25, 0.3) is 0 Å². The van der Waals surface area contributed by atoms with Gasteiger partial charge in [0.2, 0.25) is 10.0 Å². The summed E-state index contributed by atoms with van der Waals surface area (Å²) in [6.45, 7) is 0. The molecule has 0 heterocycles. The minimum absolute atomic E-state index is 0.0316. The number of sulfonamides is 1. The van der Waals surface area contributed by atoms with Crippen LogP contribution >= 0.6 is 0 Å². The van der Waals surface area contributed by atoms with Gasteiger partial charge < -0.3 is 5.11 Å². The van der Waals surface area contributed by atoms with E-state index in [0.29, 0.717) is 10.8 Å². The maximum atomic E-state index is 11.2. The fraction of sp³-hybridized carbons (Fsp3) is 0. The van der Waals surface area contributed by atoms with Crippen LogP contribution in [0.3, 0.4) is 0 Å². The van der Waals surface area contributed by atoms with Crippen molar-refractivity contribution in [2.24, 2.45) is 5.14 Å². The number of hydrogen-bond acceptors (Lipinski definition) is 3. The lowest BCUT2D eigenvalue weighted by Crippen LogP contribution is -2.12. The molecule has 2 rings (SSSR count). The lowest BCUT2D eigenvalue weighted by atomic mass is 10.1. The number of benzene rings is 2. The molecular weight excluding hydrogens is 214 g/mol. The van der Waals surface area contributed by atoms with Gasteiger partial charge in [-0.3, -0.25) is 0 Å². The van der Waals surface area contributed by atoms with Gasteiger partial charge in [-0.1, -0.05) is 24.3 Å². The molecule has 0 spiro atoms. The largest absolute Gasteiger partial charge is 0.507 e. The van der Waals surface area contributed by atoms with E-state index in [1.54, 1.807) is 24.3 Å². The van der Waals surface area contributed by atoms with Gasteiger partial charge in [-0.15, -0.1) is 0 Å². The number of nitrogens with two attached hydrogens (primary N) is 1. The zero-order chi connectivity index (χ0) is 11.1. The average Bonchev–Trinajstić information content (AvgIpc) is 2.17. The van der Waals surface area contributed by atoms with Crippen LogP contribution in [0.1, 0.15) is 0 Å². The summed E-state index contributed by atoms with van der Waals surface area (Å²) in [7, 11) is -3.79. The van der Waals surface area contributed by atoms with Crippen molar-refractivity contribution in [1.82, 2.24) is 0 Å². The van der Waals surface area contributed by atoms with E-state index in [4.69, 9.17) is 5.14 Å². The Balaban J connectivity index is 2.96. The van der Waals surface area contributed by atoms with Crippen molar-refractivity contribution in [3.63, 3.8) is 0 Å². The average molecular weight is 222 g/mol. The van der Waals surface area contributed by atoms with E-state index >= 15 is 0 Å². The van der Waals surface area contributed by atoms with Crippen molar-refractivity contribution < 1.29 is 13.5 Å². The second-order valence-corrected chi connectivity index (χ2v) is 4.62. The summed E-state index contributed by atoms with van der Waals surface area (Å²) in [6.07, 6.45) is 0. The van der Waals surface area contributed by atoms with E-state index in [2.05, 4.69) is 6.07 Å². The summed E-state index contributed by atoms with van der Waals surface area (Å²) in [6, 6.07) is 10.2. The quantitative estimate of drug-likeness (QED) is 0.755. The van der Waals surface area contributed by atoms with Crippen LogP contribution in [0.2, 0.25) is 0 Å². The van der Waals surface area contributed by atoms with Crippen LogP contribution in [0.25, 0.3) is 10.8 Å². The zero-order valence-electron chi connectivity index (χ0n) is 7.64. The molecule has 0 aliphatic heterocycles. The summed E-state index contributed by atoms with van der Waals surface area (Å²) in [5.41, 5.74) is 0. The minimum Gasteiger partial charge on any atom is -0.507 e. The van der Waals surface area contributed by atoms with E-state index in [-0.39, 0.29) is 10.6 Å². The van der Waals surface area contributed by atoms with Crippen molar-refractivity contribution in [2.75, 3.05) is 0 Å². The van der Waals surface area contributed by atoms with E-state index in [0.717, 1.165) is 0 Å². The molecule has 0 unspecified atom stereocenters. The second-order valence-electron chi connectivity index (χ2n) is 3.09. The molecule has 0 saturated heterocycles. The first-order chi connectivity index (χ1) is 7.00. The normalized spacial score (nSPS) is 11.8. The second kappa shape index (κ2) is 3.22. The van der Waals surface area contributed by atoms with E-state index in [1.807, 2.05) is 0 Å². The van der Waals surface area contributed by atoms with Gasteiger partial charge in [0, 0.05) is 16.8 Å². The molecule has 4 nitrogen and oxygen atoms in total. The Hall–Kier alpha value is -1.59. The Morgan fingerprint density at radius 1 is 1.20 bits per heavy atom. The molecule has 1 radical (unpaired) electrons. The van der Waals surface area contributed by atoms with Crippen molar-refractivity contribution in [3.05, 3.63) is 36.4 Å². The monoisotopic (exact) mass is 222 g/mol. The fourth-order valence-electron chi connectivity index (χ4n) is 1.43. The minimum atomic E-state index is -3.79. The van der Waals surface area contributed by atoms with Gasteiger partial charge in [0.1, 0.15) is 5.75 Å². The molecular formula is C10H8NO3S. The van der Waals surface area contributed by atoms with Crippen molar-refractivity contribution in [2.45, 2.75) is 4.90 Å². The lowest BCUT2D eigenvalue weighted by molar-refractivity contribution is 0.480. The number of phenols is 1. The molecule has 0 aliphatic carbocycles. The van der Waals surface area contributed by atoms with Gasteiger partial charge in [0.15, 0.2) is 0 Å². The molecule has 5 heteroatoms. The van der Waals surface area contributed by atoms with Gasteiger partial charge >= 0.3 is 0 Å². The summed E-state index contributed by atoms with van der Waals surface area (Å²) in [5.74, 6) is -0.0852. The van der Waals surface area contributed by atoms with Crippen molar-refractivity contribution >= 4 is 20.8 Å². The third-order valence-electron chi connectivity index (χ3n) is 2.09. The van der Waals surface area contributed by atoms with Crippen molar-refractivity contribution in [1.29, 1.82) is 0 Å². The van der Waals surface area contributed by atoms with Crippen molar-refractivity contribution in [3.8, 4) is 5.75 Å². The van der Waals surface area contributed by atoms with Crippen LogP contribution < -0.4 is 5.14 Å². The van der Waals surface area contributed by atoms with Crippen LogP contribution in [0.15, 0.2) is 35.2 Å². The number of fused-ring (bicyclic) bond motifs is 1. The summed E-state index contributed by atoms with van der Waals surface area (Å²) >= 11 is 0. The Kier molecular flexibility index (Phi) is 2.13. The highest BCUT2D eigenvalue weighted by atomic mass is 32.2. The van der Waals surface area contributed by atoms with Crippen LogP contribution in [-0.2, 0) is 10.0 Å². The Morgan fingerprint density at radius 2 is 1.80 bits per heavy atom. The Labute approximate surface area is 87.0 Å². The molecule has 2 aromatic rings. The predicted molar refractivity (Wildman–Crippen MR) is 55.8 cm³/mol. The van der Waals surface area contributed by atoms with E-state index in [9.17, 15) is 13.5 Å². The number of hydrogen-bond donors (Lipinski definition) is 2. The van der Waals surface area contributed by atoms with Crippen LogP contribution in [-0.4, -0.2) is 13.5 Å². The highest BCUT2D eigenvalue weighted by molar-refractivity contribution is 7.89. The van der Waals surface area contributed by atoms with Crippen LogP contribution in [0, 0.1) is 6.07 Å². The highest BCUT2D eigenvalue weighted by Gasteiger charge is 2.13. The molecule has 77 valence electrons. The van der Waals surface area contributed by atoms with Gasteiger partial charge in [-0.25, -0.2) is 13.6 Å². The Morgan fingerprint density at radius 3 is 2.40 bits per heavy atom. The zero-order valence-corrected chi connectivity index (χ0v) is 8.45. The van der Waals surface area contributed by atoms with Gasteiger partial charge in [-0.05, 0) is 6.07 Å². The number of aromatic hydroxyl groups is 1. The molecule has 2 aromatic carbocycles. The molecule has 0 fully saturated rings. The maximum Gasteiger partial charge on any atom is 0.238 e. The molecule has 0 bridgehead atoms. The number of phenolic OH excluding ortho intramolecular Hbond substituents is 1. The molecule has 0 amide bonds. The van der Waals surface area contributed by atoms with Gasteiger partial charge in [0.05, 0.1) is 4.90 Å². The summed E-state index contributed by atoms with van der Waals surface area (Å²) in [5, 5.41) is 15.3. The first-order valence-corrected chi connectivity index (χ1v) is 5.70. The number of primary sulfonamides is 1. The molecule has 3 N–H and O–H groups in total. The fourth-order valence-corrected chi connectivity index (χ4v) is 2.14. The topological polar surface area (TPSA) is 80.4 Å². The molecule has 0 aromatic heterocycles. The van der Waals surface area contributed by atoms with Crippen LogP contribution in [0.5, 0.6) is 5.75 Å². The molecule has 0 aliphatic rings. The highest BCUT2D eigenvalue weighted by Crippen LogP contribution is 2.28. The predicted octanol–water partition coefficient (Wildman–Crippen LogP) is 0.993. The van der Waals surface area contributed by atoms with Gasteiger partial charge in [-0.2, -0.15) is 0 Å². The first kappa shape index (κ1) is 9.95. The maximum absolute atomic E-state index is 11.2. The molecule has 15 heavy (non-hydrogen) atoms. The summed E-state index contributed by atoms with van der Waals surface area (Å²) < 4.78 is 22.5. The third-order valence-corrected chi connectivity index (χ3v) is 3.04. The smallest absolute Gasteiger partial charge is 0.238 e. The third kappa shape index (κ3) is 1.67. The lowest BCUT2D eigenvalue weighted by Gasteiger charge is -2.05. The standard InChI is InChI=1S/C10H8NO3S/c11-15(13,14)10-6-5-9(12)7-3-1-2-4-8(7)10/h1-4,6,12H,(H2,11,13,14). The van der Waals surface area contributed by atoms with E-state index in [1.165, 1.54) is 6.07 Å². The van der Waals surface area contributed by atoms with Crippen LogP contribution in [0.4, 0.5) is 0 Å². The summed E-state index contributed by atoms with van der Waals surface area (Å²) in [4.78, 5) is -0.0316. The molecule has 0 saturated carbocycles. The SMILES string of the molecule is NS(=O)(=O)c1c[c]c(O)c2ccccc12. The number of rotatable bonds is 1.